The van der Waals surface area contributed by atoms with Crippen molar-refractivity contribution >= 4 is 17.0 Å². The second-order valence-corrected chi connectivity index (χ2v) is 6.21. The predicted molar refractivity (Wildman–Crippen MR) is 91.5 cm³/mol. The van der Waals surface area contributed by atoms with Gasteiger partial charge in [-0.3, -0.25) is 0 Å². The quantitative estimate of drug-likeness (QED) is 0.278. The molecule has 0 fully saturated rings. The van der Waals surface area contributed by atoms with Gasteiger partial charge in [-0.2, -0.15) is 0 Å². The van der Waals surface area contributed by atoms with Crippen molar-refractivity contribution in [3.63, 3.8) is 0 Å². The Kier molecular flexibility index (Phi) is 6.48. The van der Waals surface area contributed by atoms with Crippen LogP contribution in [-0.2, 0) is 0 Å². The van der Waals surface area contributed by atoms with Crippen LogP contribution >= 0.6 is 11.3 Å². The van der Waals surface area contributed by atoms with E-state index >= 15 is 0 Å². The normalized spacial score (nSPS) is 11.8. The molecule has 1 heterocycles. The smallest absolute Gasteiger partial charge is 0.0867 e. The molecule has 3 heteroatoms. The van der Waals surface area contributed by atoms with Crippen LogP contribution in [0.2, 0.25) is 0 Å². The highest BCUT2D eigenvalue weighted by atomic mass is 32.1. The summed E-state index contributed by atoms with van der Waals surface area (Å²) in [4.78, 5) is 1.27. The number of thiophene rings is 1. The number of oxime groups is 1. The molecule has 2 nitrogen and oxygen atoms in total. The zero-order valence-electron chi connectivity index (χ0n) is 12.6. The van der Waals surface area contributed by atoms with Crippen molar-refractivity contribution in [2.75, 3.05) is 0 Å². The van der Waals surface area contributed by atoms with Gasteiger partial charge in [-0.25, -0.2) is 0 Å². The summed E-state index contributed by atoms with van der Waals surface area (Å²) >= 11 is 1.74. The molecule has 0 spiro atoms. The van der Waals surface area contributed by atoms with Gasteiger partial charge in [0.05, 0.1) is 5.71 Å². The molecular formula is C18H23NOS. The molecule has 1 aromatic carbocycles. The van der Waals surface area contributed by atoms with Crippen LogP contribution in [-0.4, -0.2) is 10.9 Å². The minimum atomic E-state index is 0.796. The van der Waals surface area contributed by atoms with Gasteiger partial charge in [-0.1, -0.05) is 68.1 Å². The molecule has 21 heavy (non-hydrogen) atoms. The van der Waals surface area contributed by atoms with E-state index in [0.29, 0.717) is 0 Å². The molecular weight excluding hydrogens is 278 g/mol. The van der Waals surface area contributed by atoms with Crippen LogP contribution in [0.1, 0.15) is 51.0 Å². The fourth-order valence-corrected chi connectivity index (χ4v) is 3.15. The molecule has 0 atom stereocenters. The van der Waals surface area contributed by atoms with Crippen molar-refractivity contribution in [3.05, 3.63) is 47.3 Å². The standard InChI is InChI=1S/C18H23NOS/c1-2-3-4-5-6-8-17(19-20)15-10-12-16(13-11-15)18-9-7-14-21-18/h7,9-14,20H,2-6,8H2,1H3. The Bertz CT molecular complexity index is 543. The maximum atomic E-state index is 9.23. The first-order valence-electron chi connectivity index (χ1n) is 7.70. The minimum absolute atomic E-state index is 0.796. The minimum Gasteiger partial charge on any atom is -0.411 e. The van der Waals surface area contributed by atoms with Crippen LogP contribution in [0.4, 0.5) is 0 Å². The first-order chi connectivity index (χ1) is 10.3. The van der Waals surface area contributed by atoms with Gasteiger partial charge in [-0.15, -0.1) is 11.3 Å². The topological polar surface area (TPSA) is 32.6 Å². The zero-order chi connectivity index (χ0) is 14.9. The lowest BCUT2D eigenvalue weighted by molar-refractivity contribution is 0.317. The van der Waals surface area contributed by atoms with Crippen LogP contribution in [0.3, 0.4) is 0 Å². The van der Waals surface area contributed by atoms with E-state index in [4.69, 9.17) is 0 Å². The first kappa shape index (κ1) is 15.8. The number of nitrogens with zero attached hydrogens (tertiary/aromatic N) is 1. The van der Waals surface area contributed by atoms with Gasteiger partial charge in [0, 0.05) is 4.88 Å². The van der Waals surface area contributed by atoms with E-state index in [0.717, 1.165) is 24.1 Å². The molecule has 0 amide bonds. The summed E-state index contributed by atoms with van der Waals surface area (Å²) in [6.45, 7) is 2.22. The fourth-order valence-electron chi connectivity index (χ4n) is 2.42. The summed E-state index contributed by atoms with van der Waals surface area (Å²) < 4.78 is 0. The van der Waals surface area contributed by atoms with Crippen LogP contribution in [0.15, 0.2) is 46.9 Å². The Morgan fingerprint density at radius 1 is 1.05 bits per heavy atom. The third kappa shape index (κ3) is 4.71. The highest BCUT2D eigenvalue weighted by Gasteiger charge is 2.05. The molecule has 0 aliphatic heterocycles. The monoisotopic (exact) mass is 301 g/mol. The van der Waals surface area contributed by atoms with E-state index in [1.54, 1.807) is 11.3 Å². The first-order valence-corrected chi connectivity index (χ1v) is 8.58. The average Bonchev–Trinajstić information content (AvgIpc) is 3.06. The Hall–Kier alpha value is -1.61. The number of hydrogen-bond acceptors (Lipinski definition) is 3. The van der Waals surface area contributed by atoms with Crippen LogP contribution in [0, 0.1) is 0 Å². The highest BCUT2D eigenvalue weighted by Crippen LogP contribution is 2.25. The maximum absolute atomic E-state index is 9.23. The largest absolute Gasteiger partial charge is 0.411 e. The Labute approximate surface area is 131 Å². The summed E-state index contributed by atoms with van der Waals surface area (Å²) in [5.74, 6) is 0. The van der Waals surface area contributed by atoms with Crippen molar-refractivity contribution in [2.24, 2.45) is 5.16 Å². The number of benzene rings is 1. The molecule has 1 N–H and O–H groups in total. The molecule has 0 unspecified atom stereocenters. The Morgan fingerprint density at radius 3 is 2.43 bits per heavy atom. The molecule has 0 bridgehead atoms. The summed E-state index contributed by atoms with van der Waals surface area (Å²) in [5, 5.41) is 14.8. The second kappa shape index (κ2) is 8.63. The molecule has 2 rings (SSSR count). The van der Waals surface area contributed by atoms with Gasteiger partial charge >= 0.3 is 0 Å². The number of rotatable bonds is 8. The zero-order valence-corrected chi connectivity index (χ0v) is 13.4. The van der Waals surface area contributed by atoms with E-state index in [1.165, 1.54) is 36.1 Å². The van der Waals surface area contributed by atoms with E-state index in [2.05, 4.69) is 53.9 Å². The molecule has 0 saturated heterocycles. The summed E-state index contributed by atoms with van der Waals surface area (Å²) in [6.07, 6.45) is 6.96. The third-order valence-electron chi connectivity index (χ3n) is 3.66. The Balaban J connectivity index is 1.93. The van der Waals surface area contributed by atoms with E-state index in [9.17, 15) is 5.21 Å². The van der Waals surface area contributed by atoms with Gasteiger partial charge in [0.25, 0.3) is 0 Å². The molecule has 0 aliphatic rings. The van der Waals surface area contributed by atoms with Crippen molar-refractivity contribution in [2.45, 2.75) is 45.4 Å². The number of hydrogen-bond donors (Lipinski definition) is 1. The van der Waals surface area contributed by atoms with Crippen LogP contribution in [0.5, 0.6) is 0 Å². The third-order valence-corrected chi connectivity index (χ3v) is 4.58. The van der Waals surface area contributed by atoms with E-state index in [1.807, 2.05) is 0 Å². The average molecular weight is 301 g/mol. The summed E-state index contributed by atoms with van der Waals surface area (Å²) in [6, 6.07) is 12.5. The van der Waals surface area contributed by atoms with Gasteiger partial charge in [0.1, 0.15) is 0 Å². The highest BCUT2D eigenvalue weighted by molar-refractivity contribution is 7.13. The van der Waals surface area contributed by atoms with Gasteiger partial charge in [0.15, 0.2) is 0 Å². The molecule has 1 aromatic heterocycles. The fraction of sp³-hybridized carbons (Fsp3) is 0.389. The molecule has 0 aliphatic carbocycles. The van der Waals surface area contributed by atoms with Crippen molar-refractivity contribution in [1.29, 1.82) is 0 Å². The summed E-state index contributed by atoms with van der Waals surface area (Å²) in [7, 11) is 0. The lowest BCUT2D eigenvalue weighted by Gasteiger charge is -2.06. The van der Waals surface area contributed by atoms with Crippen molar-refractivity contribution in [1.82, 2.24) is 0 Å². The van der Waals surface area contributed by atoms with E-state index in [-0.39, 0.29) is 0 Å². The summed E-state index contributed by atoms with van der Waals surface area (Å²) in [5.41, 5.74) is 3.03. The lowest BCUT2D eigenvalue weighted by Crippen LogP contribution is -2.01. The van der Waals surface area contributed by atoms with Crippen molar-refractivity contribution in [3.8, 4) is 10.4 Å². The second-order valence-electron chi connectivity index (χ2n) is 5.27. The molecule has 0 radical (unpaired) electrons. The lowest BCUT2D eigenvalue weighted by atomic mass is 10.0. The molecule has 112 valence electrons. The SMILES string of the molecule is CCCCCCCC(=NO)c1ccc(-c2cccs2)cc1. The van der Waals surface area contributed by atoms with Crippen LogP contribution < -0.4 is 0 Å². The number of unbranched alkanes of at least 4 members (excludes halogenated alkanes) is 4. The van der Waals surface area contributed by atoms with Crippen LogP contribution in [0.25, 0.3) is 10.4 Å². The molecule has 0 saturated carbocycles. The van der Waals surface area contributed by atoms with Gasteiger partial charge in [-0.05, 0) is 35.4 Å². The van der Waals surface area contributed by atoms with Gasteiger partial charge in [0.2, 0.25) is 0 Å². The van der Waals surface area contributed by atoms with Crippen molar-refractivity contribution < 1.29 is 5.21 Å². The van der Waals surface area contributed by atoms with Gasteiger partial charge < -0.3 is 5.21 Å². The maximum Gasteiger partial charge on any atom is 0.0867 e. The molecule has 2 aromatic rings. The predicted octanol–water partition coefficient (Wildman–Crippen LogP) is 5.95. The Morgan fingerprint density at radius 2 is 1.81 bits per heavy atom. The van der Waals surface area contributed by atoms with E-state index < -0.39 is 0 Å².